The summed E-state index contributed by atoms with van der Waals surface area (Å²) in [4.78, 5) is 12.4. The van der Waals surface area contributed by atoms with E-state index in [2.05, 4.69) is 29.5 Å². The molecule has 2 rings (SSSR count). The molecule has 0 spiro atoms. The smallest absolute Gasteiger partial charge is 0.273 e. The van der Waals surface area contributed by atoms with Gasteiger partial charge < -0.3 is 11.1 Å². The predicted molar refractivity (Wildman–Crippen MR) is 97.7 cm³/mol. The number of halogens is 1. The zero-order valence-corrected chi connectivity index (χ0v) is 15.4. The van der Waals surface area contributed by atoms with Crippen LogP contribution in [0.25, 0.3) is 5.69 Å². The third-order valence-corrected chi connectivity index (χ3v) is 3.75. The van der Waals surface area contributed by atoms with E-state index < -0.39 is 5.54 Å². The number of hydrogen-bond acceptors (Lipinski definition) is 4. The lowest BCUT2D eigenvalue weighted by molar-refractivity contribution is 0.0893. The van der Waals surface area contributed by atoms with Crippen LogP contribution in [0.4, 0.5) is 0 Å². The van der Waals surface area contributed by atoms with Crippen molar-refractivity contribution >= 4 is 18.3 Å². The number of amides is 1. The second-order valence-electron chi connectivity index (χ2n) is 6.70. The van der Waals surface area contributed by atoms with Crippen molar-refractivity contribution in [3.8, 4) is 5.69 Å². The molecule has 1 amide bonds. The molecule has 24 heavy (non-hydrogen) atoms. The van der Waals surface area contributed by atoms with Crippen LogP contribution in [0.5, 0.6) is 0 Å². The second kappa shape index (κ2) is 8.26. The molecule has 1 heterocycles. The zero-order valence-electron chi connectivity index (χ0n) is 14.6. The van der Waals surface area contributed by atoms with Gasteiger partial charge in [0.25, 0.3) is 5.91 Å². The van der Waals surface area contributed by atoms with Crippen LogP contribution >= 0.6 is 12.4 Å². The monoisotopic (exact) mass is 351 g/mol. The molecule has 0 radical (unpaired) electrons. The van der Waals surface area contributed by atoms with Crippen LogP contribution in [0.2, 0.25) is 0 Å². The summed E-state index contributed by atoms with van der Waals surface area (Å²) in [7, 11) is 0. The molecule has 0 saturated heterocycles. The third kappa shape index (κ3) is 5.04. The number of rotatable bonds is 6. The fourth-order valence-electron chi connectivity index (χ4n) is 2.62. The Morgan fingerprint density at radius 3 is 2.50 bits per heavy atom. The molecule has 6 nitrogen and oxygen atoms in total. The first kappa shape index (κ1) is 20.1. The number of carbonyl (C=O) groups excluding carboxylic acids is 1. The summed E-state index contributed by atoms with van der Waals surface area (Å²) in [6, 6.07) is 7.86. The van der Waals surface area contributed by atoms with Gasteiger partial charge in [0, 0.05) is 6.54 Å². The van der Waals surface area contributed by atoms with Crippen LogP contribution in [0.15, 0.2) is 30.5 Å². The number of nitrogens with zero attached hydrogens (tertiary/aromatic N) is 3. The highest BCUT2D eigenvalue weighted by Crippen LogP contribution is 2.16. The van der Waals surface area contributed by atoms with Crippen LogP contribution < -0.4 is 11.1 Å². The maximum atomic E-state index is 12.4. The highest BCUT2D eigenvalue weighted by Gasteiger charge is 2.27. The number of aromatic nitrogens is 3. The number of hydrogen-bond donors (Lipinski definition) is 2. The van der Waals surface area contributed by atoms with Crippen molar-refractivity contribution in [2.75, 3.05) is 6.54 Å². The van der Waals surface area contributed by atoms with Gasteiger partial charge in [-0.1, -0.05) is 36.8 Å². The topological polar surface area (TPSA) is 85.8 Å². The van der Waals surface area contributed by atoms with Gasteiger partial charge in [-0.05, 0) is 38.3 Å². The van der Waals surface area contributed by atoms with E-state index >= 15 is 0 Å². The molecule has 0 saturated carbocycles. The molecule has 1 unspecified atom stereocenters. The van der Waals surface area contributed by atoms with E-state index in [1.54, 1.807) is 10.9 Å². The van der Waals surface area contributed by atoms with E-state index in [1.807, 2.05) is 38.1 Å². The SMILES string of the molecule is Cc1ccc(-n2cc(C(=O)NC(C)(CN)CC(C)C)nn2)cc1.Cl. The second-order valence-corrected chi connectivity index (χ2v) is 6.70. The van der Waals surface area contributed by atoms with E-state index in [0.717, 1.165) is 12.1 Å². The molecule has 0 bridgehead atoms. The molecule has 1 aromatic carbocycles. The highest BCUT2D eigenvalue weighted by molar-refractivity contribution is 5.92. The van der Waals surface area contributed by atoms with E-state index in [9.17, 15) is 4.79 Å². The molecule has 1 atom stereocenters. The average Bonchev–Trinajstić information content (AvgIpc) is 2.97. The number of aryl methyl sites for hydroxylation is 1. The van der Waals surface area contributed by atoms with Gasteiger partial charge in [0.1, 0.15) is 0 Å². The summed E-state index contributed by atoms with van der Waals surface area (Å²) < 4.78 is 1.59. The number of nitrogens with two attached hydrogens (primary N) is 1. The molecule has 1 aromatic heterocycles. The first-order valence-corrected chi connectivity index (χ1v) is 7.85. The van der Waals surface area contributed by atoms with Crippen LogP contribution in [0.1, 0.15) is 43.2 Å². The van der Waals surface area contributed by atoms with Crippen LogP contribution in [0.3, 0.4) is 0 Å². The summed E-state index contributed by atoms with van der Waals surface area (Å²) >= 11 is 0. The Balaban J connectivity index is 0.00000288. The Bertz CT molecular complexity index is 668. The quantitative estimate of drug-likeness (QED) is 0.837. The normalized spacial score (nSPS) is 13.2. The van der Waals surface area contributed by atoms with E-state index in [4.69, 9.17) is 5.73 Å². The molecule has 132 valence electrons. The fraction of sp³-hybridized carbons (Fsp3) is 0.471. The lowest BCUT2D eigenvalue weighted by atomic mass is 9.90. The fourth-order valence-corrected chi connectivity index (χ4v) is 2.62. The summed E-state index contributed by atoms with van der Waals surface area (Å²) in [6.07, 6.45) is 2.44. The minimum atomic E-state index is -0.446. The Kier molecular flexibility index (Phi) is 6.93. The predicted octanol–water partition coefficient (Wildman–Crippen LogP) is 2.49. The van der Waals surface area contributed by atoms with Gasteiger partial charge in [-0.2, -0.15) is 0 Å². The molecular weight excluding hydrogens is 326 g/mol. The first-order chi connectivity index (χ1) is 10.8. The van der Waals surface area contributed by atoms with Crippen molar-refractivity contribution < 1.29 is 4.79 Å². The number of nitrogens with one attached hydrogen (secondary N) is 1. The number of benzene rings is 1. The standard InChI is InChI=1S/C17H25N5O.ClH/c1-12(2)9-17(4,11-18)19-16(23)15-10-22(21-20-15)14-7-5-13(3)6-8-14;/h5-8,10,12H,9,11,18H2,1-4H3,(H,19,23);1H. The average molecular weight is 352 g/mol. The van der Waals surface area contributed by atoms with Crippen molar-refractivity contribution in [1.29, 1.82) is 0 Å². The van der Waals surface area contributed by atoms with Crippen molar-refractivity contribution in [1.82, 2.24) is 20.3 Å². The van der Waals surface area contributed by atoms with Crippen molar-refractivity contribution in [2.24, 2.45) is 11.7 Å². The zero-order chi connectivity index (χ0) is 17.0. The highest BCUT2D eigenvalue weighted by atomic mass is 35.5. The lowest BCUT2D eigenvalue weighted by Gasteiger charge is -2.30. The Morgan fingerprint density at radius 1 is 1.33 bits per heavy atom. The Hall–Kier alpha value is -1.92. The Labute approximate surface area is 149 Å². The minimum absolute atomic E-state index is 0. The molecule has 3 N–H and O–H groups in total. The van der Waals surface area contributed by atoms with Crippen LogP contribution in [-0.4, -0.2) is 33.0 Å². The van der Waals surface area contributed by atoms with Crippen molar-refractivity contribution in [2.45, 2.75) is 39.7 Å². The Morgan fingerprint density at radius 2 is 1.96 bits per heavy atom. The van der Waals surface area contributed by atoms with Crippen molar-refractivity contribution in [3.05, 3.63) is 41.7 Å². The maximum absolute atomic E-state index is 12.4. The van der Waals surface area contributed by atoms with Crippen LogP contribution in [-0.2, 0) is 0 Å². The molecule has 0 aliphatic rings. The third-order valence-electron chi connectivity index (χ3n) is 3.75. The van der Waals surface area contributed by atoms with Crippen LogP contribution in [0, 0.1) is 12.8 Å². The van der Waals surface area contributed by atoms with Gasteiger partial charge in [0.05, 0.1) is 17.4 Å². The molecular formula is C17H26ClN5O. The summed E-state index contributed by atoms with van der Waals surface area (Å²) in [5.41, 5.74) is 7.71. The summed E-state index contributed by atoms with van der Waals surface area (Å²) in [6.45, 7) is 8.56. The summed E-state index contributed by atoms with van der Waals surface area (Å²) in [5, 5.41) is 11.0. The first-order valence-electron chi connectivity index (χ1n) is 7.85. The van der Waals surface area contributed by atoms with Gasteiger partial charge >= 0.3 is 0 Å². The van der Waals surface area contributed by atoms with E-state index in [1.165, 1.54) is 5.56 Å². The van der Waals surface area contributed by atoms with Crippen molar-refractivity contribution in [3.63, 3.8) is 0 Å². The van der Waals surface area contributed by atoms with Gasteiger partial charge in [0.15, 0.2) is 5.69 Å². The minimum Gasteiger partial charge on any atom is -0.344 e. The molecule has 0 fully saturated rings. The van der Waals surface area contributed by atoms with Gasteiger partial charge in [0.2, 0.25) is 0 Å². The molecule has 7 heteroatoms. The van der Waals surface area contributed by atoms with E-state index in [0.29, 0.717) is 12.5 Å². The molecule has 0 aliphatic carbocycles. The van der Waals surface area contributed by atoms with Gasteiger partial charge in [-0.25, -0.2) is 4.68 Å². The molecule has 0 aliphatic heterocycles. The lowest BCUT2D eigenvalue weighted by Crippen LogP contribution is -2.52. The summed E-state index contributed by atoms with van der Waals surface area (Å²) in [5.74, 6) is 0.184. The largest absolute Gasteiger partial charge is 0.344 e. The molecule has 2 aromatic rings. The number of carbonyl (C=O) groups is 1. The van der Waals surface area contributed by atoms with Gasteiger partial charge in [-0.15, -0.1) is 17.5 Å². The van der Waals surface area contributed by atoms with E-state index in [-0.39, 0.29) is 24.0 Å². The van der Waals surface area contributed by atoms with Gasteiger partial charge in [-0.3, -0.25) is 4.79 Å². The maximum Gasteiger partial charge on any atom is 0.273 e.